The number of aromatic nitrogens is 1. The Labute approximate surface area is 214 Å². The summed E-state index contributed by atoms with van der Waals surface area (Å²) >= 11 is 6.05. The lowest BCUT2D eigenvalue weighted by Crippen LogP contribution is -2.30. The molecule has 0 saturated carbocycles. The van der Waals surface area contributed by atoms with Gasteiger partial charge in [-0.3, -0.25) is 14.5 Å². The smallest absolute Gasteiger partial charge is 0.296 e. The minimum atomic E-state index is -0.697. The van der Waals surface area contributed by atoms with Crippen molar-refractivity contribution in [3.05, 3.63) is 98.0 Å². The lowest BCUT2D eigenvalue weighted by molar-refractivity contribution is 0.0970. The molecule has 0 fully saturated rings. The summed E-state index contributed by atoms with van der Waals surface area (Å²) in [4.78, 5) is 33.4. The van der Waals surface area contributed by atoms with Crippen molar-refractivity contribution in [1.29, 1.82) is 0 Å². The van der Waals surface area contributed by atoms with Crippen LogP contribution in [0.25, 0.3) is 11.0 Å². The molecule has 0 aliphatic carbocycles. The minimum absolute atomic E-state index is 0.0393. The molecule has 1 aliphatic heterocycles. The first-order valence-corrected chi connectivity index (χ1v) is 12.5. The zero-order chi connectivity index (χ0) is 25.4. The fraction of sp³-hybridized carbons (Fsp3) is 0.276. The molecule has 5 rings (SSSR count). The monoisotopic (exact) mass is 502 g/mol. The Hall–Kier alpha value is -3.64. The van der Waals surface area contributed by atoms with Crippen LogP contribution in [0.2, 0.25) is 5.02 Å². The van der Waals surface area contributed by atoms with Gasteiger partial charge in [-0.2, -0.15) is 0 Å². The number of halogens is 1. The maximum absolute atomic E-state index is 13.8. The predicted molar refractivity (Wildman–Crippen MR) is 141 cm³/mol. The van der Waals surface area contributed by atoms with Crippen molar-refractivity contribution in [2.24, 2.45) is 0 Å². The van der Waals surface area contributed by atoms with E-state index in [1.165, 1.54) is 11.1 Å². The molecule has 4 aromatic rings. The van der Waals surface area contributed by atoms with Crippen molar-refractivity contribution >= 4 is 34.3 Å². The van der Waals surface area contributed by atoms with E-state index in [9.17, 15) is 9.59 Å². The van der Waals surface area contributed by atoms with Crippen LogP contribution in [-0.2, 0) is 0 Å². The van der Waals surface area contributed by atoms with Crippen LogP contribution in [0, 0.1) is 13.8 Å². The number of rotatable bonds is 7. The number of carbonyl (C=O) groups is 1. The second kappa shape index (κ2) is 9.78. The highest BCUT2D eigenvalue weighted by Gasteiger charge is 2.44. The zero-order valence-electron chi connectivity index (χ0n) is 20.5. The SMILES string of the molecule is CCCCCOc1ccc(C2c3c(oc4cc(C)c(C)cc4c3=O)C(=O)N2c2ccc(Cl)cn2)cc1. The van der Waals surface area contributed by atoms with Crippen LogP contribution in [0.4, 0.5) is 5.82 Å². The molecule has 1 amide bonds. The number of unbranched alkanes of at least 4 members (excludes halogenated alkanes) is 2. The molecular formula is C29H27ClN2O4. The van der Waals surface area contributed by atoms with Gasteiger partial charge in [-0.25, -0.2) is 4.98 Å². The Morgan fingerprint density at radius 3 is 2.47 bits per heavy atom. The van der Waals surface area contributed by atoms with Gasteiger partial charge in [-0.15, -0.1) is 0 Å². The fourth-order valence-corrected chi connectivity index (χ4v) is 4.69. The Morgan fingerprint density at radius 2 is 1.78 bits per heavy atom. The van der Waals surface area contributed by atoms with Crippen LogP contribution in [0.15, 0.2) is 63.9 Å². The van der Waals surface area contributed by atoms with Gasteiger partial charge >= 0.3 is 0 Å². The summed E-state index contributed by atoms with van der Waals surface area (Å²) in [6.45, 7) is 6.70. The van der Waals surface area contributed by atoms with E-state index in [-0.39, 0.29) is 11.2 Å². The van der Waals surface area contributed by atoms with E-state index in [1.807, 2.05) is 50.2 Å². The molecule has 0 spiro atoms. The zero-order valence-corrected chi connectivity index (χ0v) is 21.3. The van der Waals surface area contributed by atoms with E-state index in [2.05, 4.69) is 11.9 Å². The van der Waals surface area contributed by atoms with Gasteiger partial charge in [-0.1, -0.05) is 43.5 Å². The Bertz CT molecular complexity index is 1490. The molecule has 184 valence electrons. The summed E-state index contributed by atoms with van der Waals surface area (Å²) in [6.07, 6.45) is 4.72. The number of amides is 1. The van der Waals surface area contributed by atoms with Crippen molar-refractivity contribution in [2.45, 2.75) is 46.1 Å². The highest BCUT2D eigenvalue weighted by atomic mass is 35.5. The topological polar surface area (TPSA) is 72.6 Å². The van der Waals surface area contributed by atoms with Crippen molar-refractivity contribution in [2.75, 3.05) is 11.5 Å². The third-order valence-electron chi connectivity index (χ3n) is 6.66. The number of hydrogen-bond donors (Lipinski definition) is 0. The van der Waals surface area contributed by atoms with E-state index < -0.39 is 11.9 Å². The van der Waals surface area contributed by atoms with E-state index in [0.717, 1.165) is 41.7 Å². The van der Waals surface area contributed by atoms with E-state index >= 15 is 0 Å². The van der Waals surface area contributed by atoms with Crippen molar-refractivity contribution in [3.8, 4) is 5.75 Å². The number of carbonyl (C=O) groups excluding carboxylic acids is 1. The first kappa shape index (κ1) is 24.1. The molecule has 0 bridgehead atoms. The van der Waals surface area contributed by atoms with Crippen molar-refractivity contribution in [1.82, 2.24) is 4.98 Å². The van der Waals surface area contributed by atoms with Gasteiger partial charge in [0.25, 0.3) is 5.91 Å². The summed E-state index contributed by atoms with van der Waals surface area (Å²) in [5.74, 6) is 0.753. The average molecular weight is 503 g/mol. The van der Waals surface area contributed by atoms with Gasteiger partial charge in [0.1, 0.15) is 17.2 Å². The molecule has 36 heavy (non-hydrogen) atoms. The van der Waals surface area contributed by atoms with Gasteiger partial charge in [0.15, 0.2) is 5.43 Å². The molecule has 2 aromatic heterocycles. The van der Waals surface area contributed by atoms with Crippen LogP contribution in [0.3, 0.4) is 0 Å². The van der Waals surface area contributed by atoms with Crippen LogP contribution in [0.1, 0.15) is 65.0 Å². The number of pyridine rings is 1. The van der Waals surface area contributed by atoms with E-state index in [4.69, 9.17) is 20.8 Å². The van der Waals surface area contributed by atoms with Crippen LogP contribution >= 0.6 is 11.6 Å². The number of benzene rings is 2. The Morgan fingerprint density at radius 1 is 1.03 bits per heavy atom. The van der Waals surface area contributed by atoms with E-state index in [1.54, 1.807) is 12.1 Å². The third kappa shape index (κ3) is 4.26. The lowest BCUT2D eigenvalue weighted by atomic mass is 9.97. The summed E-state index contributed by atoms with van der Waals surface area (Å²) in [6, 6.07) is 13.8. The molecule has 1 atom stereocenters. The highest BCUT2D eigenvalue weighted by Crippen LogP contribution is 2.41. The minimum Gasteiger partial charge on any atom is -0.494 e. The number of hydrogen-bond acceptors (Lipinski definition) is 5. The number of ether oxygens (including phenoxy) is 1. The normalized spacial score (nSPS) is 14.9. The molecule has 0 radical (unpaired) electrons. The summed E-state index contributed by atoms with van der Waals surface area (Å²) in [5.41, 5.74) is 3.22. The molecule has 1 unspecified atom stereocenters. The van der Waals surface area contributed by atoms with Crippen molar-refractivity contribution < 1.29 is 13.9 Å². The number of aryl methyl sites for hydroxylation is 2. The molecule has 0 N–H and O–H groups in total. The quantitative estimate of drug-likeness (QED) is 0.260. The highest BCUT2D eigenvalue weighted by molar-refractivity contribution is 6.30. The molecule has 7 heteroatoms. The fourth-order valence-electron chi connectivity index (χ4n) is 4.58. The average Bonchev–Trinajstić information content (AvgIpc) is 3.16. The summed E-state index contributed by atoms with van der Waals surface area (Å²) < 4.78 is 11.9. The lowest BCUT2D eigenvalue weighted by Gasteiger charge is -2.24. The number of anilines is 1. The maximum Gasteiger partial charge on any atom is 0.296 e. The summed E-state index contributed by atoms with van der Waals surface area (Å²) in [7, 11) is 0. The second-order valence-corrected chi connectivity index (χ2v) is 9.58. The Balaban J connectivity index is 1.64. The molecule has 2 aromatic carbocycles. The van der Waals surface area contributed by atoms with Crippen LogP contribution in [-0.4, -0.2) is 17.5 Å². The molecule has 1 aliphatic rings. The van der Waals surface area contributed by atoms with Gasteiger partial charge in [0.2, 0.25) is 5.76 Å². The Kier molecular flexibility index (Phi) is 6.54. The van der Waals surface area contributed by atoms with E-state index in [0.29, 0.717) is 34.0 Å². The van der Waals surface area contributed by atoms with Gasteiger partial charge in [0, 0.05) is 6.20 Å². The first-order valence-electron chi connectivity index (χ1n) is 12.1. The maximum atomic E-state index is 13.8. The standard InChI is InChI=1S/C29H27ClN2O4/c1-4-5-6-13-35-21-10-7-19(8-11-21)26-25-27(33)22-14-17(2)18(3)15-23(22)36-28(25)29(34)32(26)24-12-9-20(30)16-31-24/h7-12,14-16,26H,4-6,13H2,1-3H3. The van der Waals surface area contributed by atoms with Gasteiger partial charge in [0.05, 0.1) is 28.6 Å². The number of nitrogens with zero attached hydrogens (tertiary/aromatic N) is 2. The van der Waals surface area contributed by atoms with Crippen LogP contribution < -0.4 is 15.1 Å². The van der Waals surface area contributed by atoms with Crippen LogP contribution in [0.5, 0.6) is 5.75 Å². The van der Waals surface area contributed by atoms with Gasteiger partial charge < -0.3 is 9.15 Å². The third-order valence-corrected chi connectivity index (χ3v) is 6.88. The molecule has 3 heterocycles. The predicted octanol–water partition coefficient (Wildman–Crippen LogP) is 6.78. The molecular weight excluding hydrogens is 476 g/mol. The van der Waals surface area contributed by atoms with Crippen molar-refractivity contribution in [3.63, 3.8) is 0 Å². The molecule has 0 saturated heterocycles. The first-order chi connectivity index (χ1) is 17.4. The summed E-state index contributed by atoms with van der Waals surface area (Å²) in [5, 5.41) is 0.909. The van der Waals surface area contributed by atoms with Gasteiger partial charge in [-0.05, 0) is 73.4 Å². The second-order valence-electron chi connectivity index (χ2n) is 9.14. The largest absolute Gasteiger partial charge is 0.494 e. The number of fused-ring (bicyclic) bond motifs is 2. The molecule has 6 nitrogen and oxygen atoms in total.